The zero-order valence-corrected chi connectivity index (χ0v) is 11.8. The van der Waals surface area contributed by atoms with Gasteiger partial charge in [-0.3, -0.25) is 5.32 Å². The van der Waals surface area contributed by atoms with Gasteiger partial charge in [0.25, 0.3) is 0 Å². The summed E-state index contributed by atoms with van der Waals surface area (Å²) < 4.78 is 5.97. The largest absolute Gasteiger partial charge is 0.444 e. The molecule has 0 aliphatic rings. The van der Waals surface area contributed by atoms with Gasteiger partial charge in [0.15, 0.2) is 0 Å². The van der Waals surface area contributed by atoms with Crippen molar-refractivity contribution in [2.45, 2.75) is 26.4 Å². The Morgan fingerprint density at radius 3 is 2.65 bits per heavy atom. The van der Waals surface area contributed by atoms with E-state index in [2.05, 4.69) is 27.8 Å². The van der Waals surface area contributed by atoms with E-state index in [1.165, 1.54) is 0 Å². The first-order valence-corrected chi connectivity index (χ1v) is 6.03. The number of nitrogens with one attached hydrogen (secondary N) is 1. The molecule has 0 spiro atoms. The molecule has 17 heavy (non-hydrogen) atoms. The number of anilines is 1. The fourth-order valence-electron chi connectivity index (χ4n) is 1.18. The molecule has 0 saturated carbocycles. The van der Waals surface area contributed by atoms with Crippen LogP contribution in [0.5, 0.6) is 0 Å². The van der Waals surface area contributed by atoms with E-state index in [-0.39, 0.29) is 0 Å². The number of amides is 1. The van der Waals surface area contributed by atoms with Crippen molar-refractivity contribution in [1.82, 2.24) is 0 Å². The normalized spacial score (nSPS) is 10.8. The fourth-order valence-corrected chi connectivity index (χ4v) is 1.52. The van der Waals surface area contributed by atoms with Crippen molar-refractivity contribution >= 4 is 33.8 Å². The van der Waals surface area contributed by atoms with Crippen LogP contribution in [0.25, 0.3) is 6.08 Å². The van der Waals surface area contributed by atoms with Crippen molar-refractivity contribution in [2.24, 2.45) is 0 Å². The van der Waals surface area contributed by atoms with E-state index in [4.69, 9.17) is 4.74 Å². The molecule has 0 fully saturated rings. The predicted molar refractivity (Wildman–Crippen MR) is 74.1 cm³/mol. The Hall–Kier alpha value is -1.29. The molecule has 4 heteroatoms. The lowest BCUT2D eigenvalue weighted by molar-refractivity contribution is 0.0636. The summed E-state index contributed by atoms with van der Waals surface area (Å²) in [4.78, 5) is 11.6. The lowest BCUT2D eigenvalue weighted by atomic mass is 10.2. The van der Waals surface area contributed by atoms with Crippen LogP contribution in [-0.2, 0) is 4.74 Å². The van der Waals surface area contributed by atoms with E-state index in [0.717, 1.165) is 10.0 Å². The van der Waals surface area contributed by atoms with Gasteiger partial charge in [0.2, 0.25) is 0 Å². The molecule has 0 bridgehead atoms. The van der Waals surface area contributed by atoms with Crippen LogP contribution in [0, 0.1) is 0 Å². The third-order valence-corrected chi connectivity index (χ3v) is 2.55. The minimum atomic E-state index is -0.507. The maximum atomic E-state index is 11.6. The molecular weight excluding hydrogens is 282 g/mol. The Morgan fingerprint density at radius 2 is 2.12 bits per heavy atom. The summed E-state index contributed by atoms with van der Waals surface area (Å²) >= 11 is 3.36. The van der Waals surface area contributed by atoms with Gasteiger partial charge in [-0.25, -0.2) is 4.79 Å². The first kappa shape index (κ1) is 13.8. The van der Waals surface area contributed by atoms with Crippen LogP contribution < -0.4 is 5.32 Å². The summed E-state index contributed by atoms with van der Waals surface area (Å²) in [5, 5.41) is 2.69. The zero-order valence-electron chi connectivity index (χ0n) is 10.2. The quantitative estimate of drug-likeness (QED) is 0.876. The van der Waals surface area contributed by atoms with Gasteiger partial charge in [0, 0.05) is 4.47 Å². The molecule has 0 radical (unpaired) electrons. The van der Waals surface area contributed by atoms with Gasteiger partial charge in [-0.2, -0.15) is 0 Å². The summed E-state index contributed by atoms with van der Waals surface area (Å²) in [6.45, 7) is 9.14. The van der Waals surface area contributed by atoms with Gasteiger partial charge in [-0.15, -0.1) is 0 Å². The van der Waals surface area contributed by atoms with Crippen LogP contribution in [0.4, 0.5) is 10.5 Å². The highest BCUT2D eigenvalue weighted by Crippen LogP contribution is 2.24. The molecule has 92 valence electrons. The molecule has 0 saturated heterocycles. The van der Waals surface area contributed by atoms with Crippen LogP contribution >= 0.6 is 15.9 Å². The van der Waals surface area contributed by atoms with Crippen molar-refractivity contribution in [1.29, 1.82) is 0 Å². The third-order valence-electron chi connectivity index (χ3n) is 1.86. The van der Waals surface area contributed by atoms with E-state index >= 15 is 0 Å². The minimum absolute atomic E-state index is 0.473. The number of carbonyl (C=O) groups excluding carboxylic acids is 1. The molecule has 1 aromatic rings. The summed E-state index contributed by atoms with van der Waals surface area (Å²) in [5.41, 5.74) is 1.09. The standard InChI is InChI=1S/C13H16BrNO2/c1-5-9-6-7-10(14)11(8-9)15-12(16)17-13(2,3)4/h5-8H,1H2,2-4H3,(H,15,16). The second kappa shape index (κ2) is 5.36. The van der Waals surface area contributed by atoms with Crippen molar-refractivity contribution in [3.63, 3.8) is 0 Å². The highest BCUT2D eigenvalue weighted by atomic mass is 79.9. The summed E-state index contributed by atoms with van der Waals surface area (Å²) in [6, 6.07) is 5.57. The molecule has 0 unspecified atom stereocenters. The second-order valence-corrected chi connectivity index (χ2v) is 5.42. The van der Waals surface area contributed by atoms with E-state index in [1.54, 1.807) is 6.08 Å². The first-order valence-electron chi connectivity index (χ1n) is 5.24. The molecule has 1 rings (SSSR count). The van der Waals surface area contributed by atoms with E-state index < -0.39 is 11.7 Å². The minimum Gasteiger partial charge on any atom is -0.444 e. The molecule has 0 aromatic heterocycles. The van der Waals surface area contributed by atoms with Gasteiger partial charge >= 0.3 is 6.09 Å². The molecule has 1 amide bonds. The molecule has 1 aromatic carbocycles. The number of benzene rings is 1. The van der Waals surface area contributed by atoms with Gasteiger partial charge in [0.1, 0.15) is 5.60 Å². The van der Waals surface area contributed by atoms with Crippen LogP contribution in [0.2, 0.25) is 0 Å². The number of rotatable bonds is 2. The van der Waals surface area contributed by atoms with Crippen molar-refractivity contribution in [2.75, 3.05) is 5.32 Å². The maximum absolute atomic E-state index is 11.6. The number of hydrogen-bond donors (Lipinski definition) is 1. The molecule has 0 aliphatic carbocycles. The fraction of sp³-hybridized carbons (Fsp3) is 0.308. The van der Waals surface area contributed by atoms with E-state index in [1.807, 2.05) is 39.0 Å². The lowest BCUT2D eigenvalue weighted by Crippen LogP contribution is -2.27. The summed E-state index contributed by atoms with van der Waals surface area (Å²) in [7, 11) is 0. The predicted octanol–water partition coefficient (Wildman–Crippen LogP) is 4.44. The van der Waals surface area contributed by atoms with Gasteiger partial charge in [0.05, 0.1) is 5.69 Å². The lowest BCUT2D eigenvalue weighted by Gasteiger charge is -2.20. The average Bonchev–Trinajstić information content (AvgIpc) is 2.18. The number of halogens is 1. The average molecular weight is 298 g/mol. The smallest absolute Gasteiger partial charge is 0.412 e. The van der Waals surface area contributed by atoms with Crippen LogP contribution in [0.1, 0.15) is 26.3 Å². The Balaban J connectivity index is 2.81. The van der Waals surface area contributed by atoms with Crippen LogP contribution in [0.3, 0.4) is 0 Å². The SMILES string of the molecule is C=Cc1ccc(Br)c(NC(=O)OC(C)(C)C)c1. The van der Waals surface area contributed by atoms with Crippen molar-refractivity contribution in [3.8, 4) is 0 Å². The summed E-state index contributed by atoms with van der Waals surface area (Å²) in [5.74, 6) is 0. The van der Waals surface area contributed by atoms with Gasteiger partial charge in [-0.05, 0) is 54.4 Å². The van der Waals surface area contributed by atoms with E-state index in [0.29, 0.717) is 5.69 Å². The third kappa shape index (κ3) is 4.61. The first-order chi connectivity index (χ1) is 7.81. The second-order valence-electron chi connectivity index (χ2n) is 4.57. The van der Waals surface area contributed by atoms with Crippen molar-refractivity contribution in [3.05, 3.63) is 34.8 Å². The molecule has 0 atom stereocenters. The molecule has 1 N–H and O–H groups in total. The van der Waals surface area contributed by atoms with Crippen LogP contribution in [0.15, 0.2) is 29.3 Å². The Kier molecular flexibility index (Phi) is 4.34. The number of carbonyl (C=O) groups is 1. The Bertz CT molecular complexity index is 436. The van der Waals surface area contributed by atoms with Gasteiger partial charge < -0.3 is 4.74 Å². The van der Waals surface area contributed by atoms with Crippen LogP contribution in [-0.4, -0.2) is 11.7 Å². The zero-order chi connectivity index (χ0) is 13.1. The Labute approximate surface area is 110 Å². The molecule has 0 aliphatic heterocycles. The molecular formula is C13H16BrNO2. The van der Waals surface area contributed by atoms with Crippen molar-refractivity contribution < 1.29 is 9.53 Å². The number of ether oxygens (including phenoxy) is 1. The summed E-state index contributed by atoms with van der Waals surface area (Å²) in [6.07, 6.45) is 1.24. The topological polar surface area (TPSA) is 38.3 Å². The molecule has 3 nitrogen and oxygen atoms in total. The highest BCUT2D eigenvalue weighted by molar-refractivity contribution is 9.10. The Morgan fingerprint density at radius 1 is 1.47 bits per heavy atom. The molecule has 0 heterocycles. The number of hydrogen-bond acceptors (Lipinski definition) is 2. The maximum Gasteiger partial charge on any atom is 0.412 e. The highest BCUT2D eigenvalue weighted by Gasteiger charge is 2.16. The van der Waals surface area contributed by atoms with Gasteiger partial charge in [-0.1, -0.05) is 18.7 Å². The van der Waals surface area contributed by atoms with E-state index in [9.17, 15) is 4.79 Å². The monoisotopic (exact) mass is 297 g/mol.